The number of aliphatic hydroxyl groups is 1. The Morgan fingerprint density at radius 2 is 1.78 bits per heavy atom. The summed E-state index contributed by atoms with van der Waals surface area (Å²) < 4.78 is 0. The Morgan fingerprint density at radius 1 is 1.04 bits per heavy atom. The van der Waals surface area contributed by atoms with Gasteiger partial charge in [-0.1, -0.05) is 38.5 Å². The van der Waals surface area contributed by atoms with E-state index in [-0.39, 0.29) is 11.5 Å². The highest BCUT2D eigenvalue weighted by atomic mass is 16.3. The first-order valence-electron chi connectivity index (χ1n) is 10.8. The van der Waals surface area contributed by atoms with Crippen LogP contribution in [0.1, 0.15) is 64.9 Å². The van der Waals surface area contributed by atoms with E-state index in [1.165, 1.54) is 30.4 Å². The van der Waals surface area contributed by atoms with Gasteiger partial charge in [0.2, 0.25) is 0 Å². The van der Waals surface area contributed by atoms with Gasteiger partial charge in [0.25, 0.3) is 0 Å². The second-order valence-corrected chi connectivity index (χ2v) is 10.1. The summed E-state index contributed by atoms with van der Waals surface area (Å²) in [7, 11) is 0. The number of aromatic nitrogens is 2. The summed E-state index contributed by atoms with van der Waals surface area (Å²) >= 11 is 0. The second kappa shape index (κ2) is 6.01. The van der Waals surface area contributed by atoms with Gasteiger partial charge in [-0.2, -0.15) is 0 Å². The van der Waals surface area contributed by atoms with Crippen LogP contribution in [0.25, 0.3) is 5.57 Å². The van der Waals surface area contributed by atoms with E-state index in [1.54, 1.807) is 11.9 Å². The fourth-order valence-corrected chi connectivity index (χ4v) is 7.46. The molecule has 3 heteroatoms. The molecular formula is C24H32N2O. The Balaban J connectivity index is 1.52. The lowest BCUT2D eigenvalue weighted by molar-refractivity contribution is -0.0425. The van der Waals surface area contributed by atoms with Gasteiger partial charge in [0.15, 0.2) is 0 Å². The number of allylic oxidation sites excluding steroid dienone is 3. The minimum absolute atomic E-state index is 0.125. The number of nitrogens with zero attached hydrogens (tertiary/aromatic N) is 2. The van der Waals surface area contributed by atoms with Gasteiger partial charge in [0.1, 0.15) is 6.33 Å². The van der Waals surface area contributed by atoms with Gasteiger partial charge in [-0.25, -0.2) is 9.97 Å². The number of rotatable bonds is 1. The first kappa shape index (κ1) is 17.6. The van der Waals surface area contributed by atoms with Crippen molar-refractivity contribution < 1.29 is 5.11 Å². The van der Waals surface area contributed by atoms with E-state index in [4.69, 9.17) is 0 Å². The van der Waals surface area contributed by atoms with Crippen molar-refractivity contribution in [3.05, 3.63) is 42.0 Å². The van der Waals surface area contributed by atoms with E-state index in [1.807, 2.05) is 12.4 Å². The Hall–Kier alpha value is -1.48. The van der Waals surface area contributed by atoms with Gasteiger partial charge >= 0.3 is 0 Å². The predicted molar refractivity (Wildman–Crippen MR) is 108 cm³/mol. The number of hydrogen-bond acceptors (Lipinski definition) is 3. The van der Waals surface area contributed by atoms with Gasteiger partial charge in [-0.15, -0.1) is 0 Å². The van der Waals surface area contributed by atoms with E-state index in [0.29, 0.717) is 17.3 Å². The molecule has 1 aromatic rings. The zero-order valence-corrected chi connectivity index (χ0v) is 16.9. The summed E-state index contributed by atoms with van der Waals surface area (Å²) in [6, 6.07) is 0. The molecule has 1 heterocycles. The van der Waals surface area contributed by atoms with Crippen LogP contribution in [-0.2, 0) is 0 Å². The molecule has 5 rings (SSSR count). The summed E-state index contributed by atoms with van der Waals surface area (Å²) in [6.45, 7) is 7.43. The topological polar surface area (TPSA) is 46.0 Å². The molecule has 0 bridgehead atoms. The highest BCUT2D eigenvalue weighted by molar-refractivity contribution is 5.72. The van der Waals surface area contributed by atoms with E-state index >= 15 is 0 Å². The lowest BCUT2D eigenvalue weighted by Gasteiger charge is -2.59. The highest BCUT2D eigenvalue weighted by Crippen LogP contribution is 2.67. The van der Waals surface area contributed by atoms with Gasteiger partial charge < -0.3 is 5.11 Å². The molecule has 0 unspecified atom stereocenters. The predicted octanol–water partition coefficient (Wildman–Crippen LogP) is 5.04. The number of aliphatic hydroxyl groups excluding tert-OH is 1. The van der Waals surface area contributed by atoms with Crippen molar-refractivity contribution in [2.45, 2.75) is 65.4 Å². The van der Waals surface area contributed by atoms with Gasteiger partial charge in [0.05, 0.1) is 6.10 Å². The van der Waals surface area contributed by atoms with Crippen LogP contribution in [0.5, 0.6) is 0 Å². The minimum atomic E-state index is -0.125. The molecule has 144 valence electrons. The third-order valence-corrected chi connectivity index (χ3v) is 8.86. The van der Waals surface area contributed by atoms with Crippen molar-refractivity contribution in [2.24, 2.45) is 34.5 Å². The zero-order chi connectivity index (χ0) is 18.8. The Morgan fingerprint density at radius 3 is 2.56 bits per heavy atom. The van der Waals surface area contributed by atoms with Crippen molar-refractivity contribution in [2.75, 3.05) is 0 Å². The van der Waals surface area contributed by atoms with Crippen LogP contribution in [0.3, 0.4) is 0 Å². The molecule has 7 atom stereocenters. The SMILES string of the molecule is C[C@@H]1C=C2C[C@H](O)CC[C@]2(C)[C@H]2CC[C@]3(C)C(c4cncnc4)=CC[C@H]3[C@H]12. The summed E-state index contributed by atoms with van der Waals surface area (Å²) in [5, 5.41) is 10.2. The van der Waals surface area contributed by atoms with Crippen LogP contribution in [0.2, 0.25) is 0 Å². The Labute approximate surface area is 163 Å². The minimum Gasteiger partial charge on any atom is -0.393 e. The first-order valence-corrected chi connectivity index (χ1v) is 10.8. The molecule has 0 spiro atoms. The fourth-order valence-electron chi connectivity index (χ4n) is 7.46. The summed E-state index contributed by atoms with van der Waals surface area (Å²) in [4.78, 5) is 8.56. The average Bonchev–Trinajstić information content (AvgIpc) is 3.01. The molecule has 2 saturated carbocycles. The molecule has 27 heavy (non-hydrogen) atoms. The van der Waals surface area contributed by atoms with E-state index in [2.05, 4.69) is 42.9 Å². The smallest absolute Gasteiger partial charge is 0.115 e. The maximum absolute atomic E-state index is 10.2. The molecular weight excluding hydrogens is 332 g/mol. The van der Waals surface area contributed by atoms with Gasteiger partial charge in [-0.3, -0.25) is 0 Å². The lowest BCUT2D eigenvalue weighted by Crippen LogP contribution is -2.52. The maximum atomic E-state index is 10.2. The number of hydrogen-bond donors (Lipinski definition) is 1. The molecule has 0 saturated heterocycles. The molecule has 0 aliphatic heterocycles. The van der Waals surface area contributed by atoms with E-state index in [0.717, 1.165) is 31.1 Å². The third-order valence-electron chi connectivity index (χ3n) is 8.86. The highest BCUT2D eigenvalue weighted by Gasteiger charge is 2.58. The quantitative estimate of drug-likeness (QED) is 0.710. The van der Waals surface area contributed by atoms with Crippen molar-refractivity contribution in [3.8, 4) is 0 Å². The molecule has 4 aliphatic rings. The maximum Gasteiger partial charge on any atom is 0.115 e. The van der Waals surface area contributed by atoms with Crippen LogP contribution in [-0.4, -0.2) is 21.2 Å². The standard InChI is InChI=1S/C24H32N2O/c1-15-10-17-11-18(27)6-8-23(17,2)21-7-9-24(3)19(4-5-20(24)22(15)21)16-12-25-14-26-13-16/h4,10,12-15,18,20-22,27H,5-9,11H2,1-3H3/t15-,18-,20+,21+,22+,23+,24-/m1/s1. The van der Waals surface area contributed by atoms with E-state index in [9.17, 15) is 5.11 Å². The molecule has 2 fully saturated rings. The van der Waals surface area contributed by atoms with Crippen LogP contribution in [0.4, 0.5) is 0 Å². The molecule has 0 aromatic carbocycles. The van der Waals surface area contributed by atoms with Crippen molar-refractivity contribution in [1.29, 1.82) is 0 Å². The van der Waals surface area contributed by atoms with Gasteiger partial charge in [0, 0.05) is 18.0 Å². The molecule has 4 aliphatic carbocycles. The average molecular weight is 365 g/mol. The Kier molecular flexibility index (Phi) is 3.92. The van der Waals surface area contributed by atoms with E-state index < -0.39 is 0 Å². The molecule has 0 amide bonds. The monoisotopic (exact) mass is 364 g/mol. The van der Waals surface area contributed by atoms with Crippen molar-refractivity contribution in [3.63, 3.8) is 0 Å². The second-order valence-electron chi connectivity index (χ2n) is 10.1. The van der Waals surface area contributed by atoms with Crippen LogP contribution in [0.15, 0.2) is 36.4 Å². The largest absolute Gasteiger partial charge is 0.393 e. The van der Waals surface area contributed by atoms with Crippen molar-refractivity contribution >= 4 is 5.57 Å². The van der Waals surface area contributed by atoms with Crippen LogP contribution < -0.4 is 0 Å². The van der Waals surface area contributed by atoms with Gasteiger partial charge in [-0.05, 0) is 78.6 Å². The van der Waals surface area contributed by atoms with Crippen LogP contribution >= 0.6 is 0 Å². The molecule has 0 radical (unpaired) electrons. The lowest BCUT2D eigenvalue weighted by atomic mass is 9.45. The van der Waals surface area contributed by atoms with Crippen LogP contribution in [0, 0.1) is 34.5 Å². The molecule has 3 nitrogen and oxygen atoms in total. The summed E-state index contributed by atoms with van der Waals surface area (Å²) in [5.41, 5.74) is 4.80. The summed E-state index contributed by atoms with van der Waals surface area (Å²) in [6.07, 6.45) is 17.3. The molecule has 1 aromatic heterocycles. The summed E-state index contributed by atoms with van der Waals surface area (Å²) in [5.74, 6) is 2.82. The Bertz CT molecular complexity index is 800. The fraction of sp³-hybridized carbons (Fsp3) is 0.667. The number of fused-ring (bicyclic) bond motifs is 5. The zero-order valence-electron chi connectivity index (χ0n) is 16.9. The normalized spacial score (nSPS) is 46.0. The molecule has 1 N–H and O–H groups in total. The third kappa shape index (κ3) is 2.43. The van der Waals surface area contributed by atoms with Crippen molar-refractivity contribution in [1.82, 2.24) is 9.97 Å². The first-order chi connectivity index (χ1) is 12.9.